The molecular weight excluding hydrogens is 438 g/mol. The summed E-state index contributed by atoms with van der Waals surface area (Å²) in [6.07, 6.45) is 2.57. The Balaban J connectivity index is 1.53. The van der Waals surface area contributed by atoms with E-state index >= 15 is 0 Å². The van der Waals surface area contributed by atoms with Gasteiger partial charge in [-0.25, -0.2) is 14.5 Å². The Morgan fingerprint density at radius 2 is 1.70 bits per heavy atom. The molecular formula is C25H24ClN5O2. The van der Waals surface area contributed by atoms with Gasteiger partial charge < -0.3 is 14.0 Å². The summed E-state index contributed by atoms with van der Waals surface area (Å²) in [5.41, 5.74) is 6.12. The van der Waals surface area contributed by atoms with Crippen LogP contribution in [0.2, 0.25) is 5.02 Å². The second-order valence-corrected chi connectivity index (χ2v) is 8.39. The Labute approximate surface area is 196 Å². The summed E-state index contributed by atoms with van der Waals surface area (Å²) in [5.74, 6) is 2.11. The van der Waals surface area contributed by atoms with Crippen LogP contribution < -0.4 is 9.47 Å². The minimum absolute atomic E-state index is 0.649. The number of aromatic nitrogens is 5. The smallest absolute Gasteiger partial charge is 0.182 e. The fourth-order valence-electron chi connectivity index (χ4n) is 4.20. The average Bonchev–Trinajstić information content (AvgIpc) is 3.37. The first-order valence-corrected chi connectivity index (χ1v) is 11.1. The van der Waals surface area contributed by atoms with Crippen molar-refractivity contribution in [3.05, 3.63) is 70.6 Å². The lowest BCUT2D eigenvalue weighted by Crippen LogP contribution is -2.05. The first kappa shape index (κ1) is 21.3. The lowest BCUT2D eigenvalue weighted by atomic mass is 10.1. The van der Waals surface area contributed by atoms with Gasteiger partial charge in [-0.05, 0) is 67.8 Å². The molecule has 5 aromatic rings. The van der Waals surface area contributed by atoms with Gasteiger partial charge in [0.2, 0.25) is 0 Å². The van der Waals surface area contributed by atoms with Gasteiger partial charge in [0.1, 0.15) is 12.0 Å². The van der Waals surface area contributed by atoms with Crippen molar-refractivity contribution >= 4 is 28.3 Å². The maximum Gasteiger partial charge on any atom is 0.182 e. The zero-order valence-electron chi connectivity index (χ0n) is 19.0. The highest BCUT2D eigenvalue weighted by Gasteiger charge is 2.18. The molecule has 0 bridgehead atoms. The second-order valence-electron chi connectivity index (χ2n) is 7.96. The Hall–Kier alpha value is -3.58. The van der Waals surface area contributed by atoms with E-state index in [4.69, 9.17) is 31.0 Å². The molecule has 5 rings (SSSR count). The van der Waals surface area contributed by atoms with E-state index in [1.54, 1.807) is 25.1 Å². The second kappa shape index (κ2) is 8.41. The van der Waals surface area contributed by atoms with Gasteiger partial charge in [0.05, 0.1) is 19.6 Å². The third kappa shape index (κ3) is 3.68. The molecule has 7 nitrogen and oxygen atoms in total. The maximum absolute atomic E-state index is 6.03. The van der Waals surface area contributed by atoms with E-state index in [1.165, 1.54) is 11.3 Å². The fourth-order valence-corrected chi connectivity index (χ4v) is 4.33. The average molecular weight is 462 g/mol. The summed E-state index contributed by atoms with van der Waals surface area (Å²) in [7, 11) is 3.30. The van der Waals surface area contributed by atoms with E-state index in [0.29, 0.717) is 10.8 Å². The molecule has 0 atom stereocenters. The number of hydrogen-bond donors (Lipinski definition) is 0. The van der Waals surface area contributed by atoms with Crippen molar-refractivity contribution < 1.29 is 9.47 Å². The largest absolute Gasteiger partial charge is 0.493 e. The molecule has 0 spiro atoms. The number of ether oxygens (including phenoxy) is 2. The molecule has 0 aliphatic rings. The molecule has 33 heavy (non-hydrogen) atoms. The van der Waals surface area contributed by atoms with Crippen molar-refractivity contribution in [2.45, 2.75) is 26.8 Å². The molecule has 0 saturated heterocycles. The van der Waals surface area contributed by atoms with E-state index in [0.717, 1.165) is 52.3 Å². The van der Waals surface area contributed by atoms with Crippen LogP contribution in [0.4, 0.5) is 0 Å². The molecule has 0 saturated carbocycles. The lowest BCUT2D eigenvalue weighted by molar-refractivity contribution is 0.354. The summed E-state index contributed by atoms with van der Waals surface area (Å²) in [4.78, 5) is 9.58. The number of benzene rings is 2. The SMILES string of the molecule is COc1ccc(CCn2c(C)c(C)c3c2ncn2nc(-c4ccc(Cl)cc4)nc32)cc1OC. The third-order valence-electron chi connectivity index (χ3n) is 6.12. The predicted molar refractivity (Wildman–Crippen MR) is 129 cm³/mol. The Bertz CT molecular complexity index is 1470. The summed E-state index contributed by atoms with van der Waals surface area (Å²) in [6.45, 7) is 5.02. The predicted octanol–water partition coefficient (Wildman–Crippen LogP) is 5.28. The van der Waals surface area contributed by atoms with Gasteiger partial charge >= 0.3 is 0 Å². The minimum Gasteiger partial charge on any atom is -0.493 e. The van der Waals surface area contributed by atoms with Crippen molar-refractivity contribution in [1.29, 1.82) is 0 Å². The number of nitrogens with zero attached hydrogens (tertiary/aromatic N) is 5. The zero-order chi connectivity index (χ0) is 23.1. The molecule has 168 valence electrons. The number of fused-ring (bicyclic) bond motifs is 3. The highest BCUT2D eigenvalue weighted by molar-refractivity contribution is 6.30. The number of hydrogen-bond acceptors (Lipinski definition) is 5. The molecule has 0 fully saturated rings. The highest BCUT2D eigenvalue weighted by Crippen LogP contribution is 2.30. The molecule has 2 aromatic carbocycles. The first-order valence-electron chi connectivity index (χ1n) is 10.7. The van der Waals surface area contributed by atoms with Crippen LogP contribution in [0, 0.1) is 13.8 Å². The highest BCUT2D eigenvalue weighted by atomic mass is 35.5. The minimum atomic E-state index is 0.649. The maximum atomic E-state index is 6.03. The number of methoxy groups -OCH3 is 2. The monoisotopic (exact) mass is 461 g/mol. The molecule has 0 aliphatic carbocycles. The van der Waals surface area contributed by atoms with Gasteiger partial charge in [0.25, 0.3) is 0 Å². The van der Waals surface area contributed by atoms with Gasteiger partial charge in [-0.3, -0.25) is 0 Å². The van der Waals surface area contributed by atoms with Crippen molar-refractivity contribution in [2.75, 3.05) is 14.2 Å². The molecule has 0 unspecified atom stereocenters. The number of rotatable bonds is 6. The van der Waals surface area contributed by atoms with Crippen LogP contribution in [0.5, 0.6) is 11.5 Å². The summed E-state index contributed by atoms with van der Waals surface area (Å²) >= 11 is 6.03. The number of aryl methyl sites for hydroxylation is 3. The van der Waals surface area contributed by atoms with E-state index in [2.05, 4.69) is 29.6 Å². The molecule has 3 heterocycles. The van der Waals surface area contributed by atoms with Crippen LogP contribution in [0.1, 0.15) is 16.8 Å². The topological polar surface area (TPSA) is 66.5 Å². The van der Waals surface area contributed by atoms with Crippen molar-refractivity contribution in [1.82, 2.24) is 24.1 Å². The zero-order valence-corrected chi connectivity index (χ0v) is 19.7. The Morgan fingerprint density at radius 3 is 2.42 bits per heavy atom. The van der Waals surface area contributed by atoms with Gasteiger partial charge in [-0.2, -0.15) is 0 Å². The van der Waals surface area contributed by atoms with Gasteiger partial charge in [0, 0.05) is 22.8 Å². The number of halogens is 1. The molecule has 0 radical (unpaired) electrons. The van der Waals surface area contributed by atoms with Crippen LogP contribution in [0.3, 0.4) is 0 Å². The van der Waals surface area contributed by atoms with Gasteiger partial charge in [-0.1, -0.05) is 17.7 Å². The quantitative estimate of drug-likeness (QED) is 0.344. The normalized spacial score (nSPS) is 11.4. The van der Waals surface area contributed by atoms with Crippen LogP contribution in [0.15, 0.2) is 48.8 Å². The first-order chi connectivity index (χ1) is 16.0. The molecule has 0 amide bonds. The lowest BCUT2D eigenvalue weighted by Gasteiger charge is -2.11. The standard InChI is InChI=1S/C25H24ClN5O2/c1-15-16(2)30(12-11-17-5-10-20(32-3)21(13-17)33-4)24-22(15)25-28-23(29-31(25)14-27-24)18-6-8-19(26)9-7-18/h5-10,13-14H,11-12H2,1-4H3. The van der Waals surface area contributed by atoms with Crippen LogP contribution in [0.25, 0.3) is 28.1 Å². The third-order valence-corrected chi connectivity index (χ3v) is 6.37. The molecule has 8 heteroatoms. The van der Waals surface area contributed by atoms with Crippen molar-refractivity contribution in [3.63, 3.8) is 0 Å². The van der Waals surface area contributed by atoms with E-state index < -0.39 is 0 Å². The molecule has 0 N–H and O–H groups in total. The summed E-state index contributed by atoms with van der Waals surface area (Å²) in [6, 6.07) is 13.6. The Morgan fingerprint density at radius 1 is 0.939 bits per heavy atom. The van der Waals surface area contributed by atoms with Crippen LogP contribution in [-0.4, -0.2) is 38.4 Å². The fraction of sp³-hybridized carbons (Fsp3) is 0.240. The summed E-state index contributed by atoms with van der Waals surface area (Å²) in [5, 5.41) is 6.34. The van der Waals surface area contributed by atoms with Crippen LogP contribution in [-0.2, 0) is 13.0 Å². The summed E-state index contributed by atoms with van der Waals surface area (Å²) < 4.78 is 14.8. The van der Waals surface area contributed by atoms with Crippen molar-refractivity contribution in [2.24, 2.45) is 0 Å². The van der Waals surface area contributed by atoms with E-state index in [1.807, 2.05) is 36.4 Å². The van der Waals surface area contributed by atoms with E-state index in [-0.39, 0.29) is 0 Å². The molecule has 3 aromatic heterocycles. The van der Waals surface area contributed by atoms with Gasteiger partial charge in [0.15, 0.2) is 23.0 Å². The molecule has 0 aliphatic heterocycles. The van der Waals surface area contributed by atoms with Gasteiger partial charge in [-0.15, -0.1) is 5.10 Å². The van der Waals surface area contributed by atoms with Crippen LogP contribution >= 0.6 is 11.6 Å². The van der Waals surface area contributed by atoms with Crippen molar-refractivity contribution in [3.8, 4) is 22.9 Å². The van der Waals surface area contributed by atoms with E-state index in [9.17, 15) is 0 Å². The Kier molecular flexibility index (Phi) is 5.42.